The van der Waals surface area contributed by atoms with E-state index in [2.05, 4.69) is 0 Å². The molecule has 2 unspecified atom stereocenters. The SMILES string of the molecule is COc1c2c(c(CCCC(=O)O)c3c1OC(C)C3)OC(C)C2. The predicted molar refractivity (Wildman–Crippen MR) is 81.2 cm³/mol. The van der Waals surface area contributed by atoms with E-state index in [1.54, 1.807) is 7.11 Å². The van der Waals surface area contributed by atoms with Crippen LogP contribution in [0.5, 0.6) is 17.2 Å². The van der Waals surface area contributed by atoms with Crippen molar-refractivity contribution in [2.45, 2.75) is 58.2 Å². The van der Waals surface area contributed by atoms with Gasteiger partial charge in [0, 0.05) is 36.0 Å². The normalized spacial score (nSPS) is 21.8. The van der Waals surface area contributed by atoms with Gasteiger partial charge < -0.3 is 19.3 Å². The van der Waals surface area contributed by atoms with Crippen LogP contribution in [0, 0.1) is 0 Å². The summed E-state index contributed by atoms with van der Waals surface area (Å²) >= 11 is 0. The van der Waals surface area contributed by atoms with Crippen LogP contribution in [0.1, 0.15) is 43.4 Å². The van der Waals surface area contributed by atoms with Gasteiger partial charge in [-0.3, -0.25) is 4.79 Å². The first-order valence-corrected chi connectivity index (χ1v) is 7.81. The third-order valence-electron chi connectivity index (χ3n) is 4.31. The summed E-state index contributed by atoms with van der Waals surface area (Å²) in [5.41, 5.74) is 3.30. The fourth-order valence-corrected chi connectivity index (χ4v) is 3.46. The minimum atomic E-state index is -0.763. The number of carbonyl (C=O) groups is 1. The van der Waals surface area contributed by atoms with Crippen molar-refractivity contribution in [2.24, 2.45) is 0 Å². The Bertz CT molecular complexity index is 569. The lowest BCUT2D eigenvalue weighted by Crippen LogP contribution is -2.08. The summed E-state index contributed by atoms with van der Waals surface area (Å²) in [6.45, 7) is 4.07. The van der Waals surface area contributed by atoms with Crippen molar-refractivity contribution in [1.82, 2.24) is 0 Å². The van der Waals surface area contributed by atoms with Crippen molar-refractivity contribution >= 4 is 5.97 Å². The van der Waals surface area contributed by atoms with E-state index in [1.807, 2.05) is 13.8 Å². The zero-order chi connectivity index (χ0) is 15.9. The molecular formula is C17H22O5. The van der Waals surface area contributed by atoms with Gasteiger partial charge in [-0.15, -0.1) is 0 Å². The minimum Gasteiger partial charge on any atom is -0.492 e. The quantitative estimate of drug-likeness (QED) is 0.906. The Labute approximate surface area is 130 Å². The van der Waals surface area contributed by atoms with Crippen molar-refractivity contribution < 1.29 is 24.1 Å². The van der Waals surface area contributed by atoms with Gasteiger partial charge >= 0.3 is 5.97 Å². The van der Waals surface area contributed by atoms with Crippen molar-refractivity contribution in [1.29, 1.82) is 0 Å². The molecule has 0 amide bonds. The number of methoxy groups -OCH3 is 1. The third-order valence-corrected chi connectivity index (χ3v) is 4.31. The Morgan fingerprint density at radius 2 is 1.82 bits per heavy atom. The number of benzene rings is 1. The minimum absolute atomic E-state index is 0.113. The summed E-state index contributed by atoms with van der Waals surface area (Å²) in [5.74, 6) is 1.75. The average Bonchev–Trinajstić information content (AvgIpc) is 3.00. The molecule has 0 saturated carbocycles. The third kappa shape index (κ3) is 2.49. The Hall–Kier alpha value is -1.91. The van der Waals surface area contributed by atoms with E-state index in [-0.39, 0.29) is 18.6 Å². The standard InChI is InChI=1S/C17H22O5/c1-9-7-12-11(5-4-6-14(18)19)15-13(8-10(2)21-15)16(20-3)17(12)22-9/h9-10H,4-8H2,1-3H3,(H,18,19). The van der Waals surface area contributed by atoms with Crippen LogP contribution in [0.3, 0.4) is 0 Å². The first kappa shape index (κ1) is 15.0. The highest BCUT2D eigenvalue weighted by Gasteiger charge is 2.36. The van der Waals surface area contributed by atoms with Crippen molar-refractivity contribution in [3.05, 3.63) is 16.7 Å². The maximum atomic E-state index is 10.8. The van der Waals surface area contributed by atoms with Gasteiger partial charge in [0.2, 0.25) is 0 Å². The summed E-state index contributed by atoms with van der Waals surface area (Å²) in [5, 5.41) is 8.87. The largest absolute Gasteiger partial charge is 0.492 e. The van der Waals surface area contributed by atoms with Crippen LogP contribution in [0.2, 0.25) is 0 Å². The molecule has 1 N–H and O–H groups in total. The number of aliphatic carboxylic acids is 1. The number of fused-ring (bicyclic) bond motifs is 2. The van der Waals surface area contributed by atoms with Crippen LogP contribution in [0.25, 0.3) is 0 Å². The molecule has 0 spiro atoms. The lowest BCUT2D eigenvalue weighted by Gasteiger charge is -2.16. The molecule has 1 aromatic carbocycles. The molecule has 0 fully saturated rings. The fourth-order valence-electron chi connectivity index (χ4n) is 3.46. The van der Waals surface area contributed by atoms with E-state index >= 15 is 0 Å². The van der Waals surface area contributed by atoms with Crippen LogP contribution in [-0.2, 0) is 24.1 Å². The molecule has 0 aromatic heterocycles. The molecule has 0 radical (unpaired) electrons. The van der Waals surface area contributed by atoms with Crippen LogP contribution in [0.4, 0.5) is 0 Å². The molecule has 0 bridgehead atoms. The Kier molecular flexibility index (Phi) is 3.89. The first-order valence-electron chi connectivity index (χ1n) is 7.81. The van der Waals surface area contributed by atoms with Crippen LogP contribution in [-0.4, -0.2) is 30.4 Å². The van der Waals surface area contributed by atoms with Crippen LogP contribution in [0.15, 0.2) is 0 Å². The molecule has 120 valence electrons. The van der Waals surface area contributed by atoms with Crippen LogP contribution >= 0.6 is 0 Å². The molecular weight excluding hydrogens is 284 g/mol. The highest BCUT2D eigenvalue weighted by molar-refractivity contribution is 5.68. The number of rotatable bonds is 5. The van der Waals surface area contributed by atoms with Gasteiger partial charge in [-0.2, -0.15) is 0 Å². The van der Waals surface area contributed by atoms with Gasteiger partial charge in [-0.25, -0.2) is 0 Å². The van der Waals surface area contributed by atoms with E-state index in [0.717, 1.165) is 46.8 Å². The zero-order valence-corrected chi connectivity index (χ0v) is 13.3. The number of carboxylic acid groups (broad SMARTS) is 1. The van der Waals surface area contributed by atoms with E-state index in [1.165, 1.54) is 0 Å². The molecule has 2 aliphatic rings. The second kappa shape index (κ2) is 5.71. The number of ether oxygens (including phenoxy) is 3. The number of carboxylic acids is 1. The van der Waals surface area contributed by atoms with Crippen molar-refractivity contribution in [3.63, 3.8) is 0 Å². The van der Waals surface area contributed by atoms with Crippen LogP contribution < -0.4 is 14.2 Å². The Balaban J connectivity index is 2.03. The average molecular weight is 306 g/mol. The van der Waals surface area contributed by atoms with E-state index < -0.39 is 5.97 Å². The van der Waals surface area contributed by atoms with Gasteiger partial charge in [-0.05, 0) is 26.7 Å². The molecule has 2 aliphatic heterocycles. The van der Waals surface area contributed by atoms with Crippen molar-refractivity contribution in [3.8, 4) is 17.2 Å². The first-order chi connectivity index (χ1) is 10.5. The molecule has 5 nitrogen and oxygen atoms in total. The second-order valence-electron chi connectivity index (χ2n) is 6.14. The summed E-state index contributed by atoms with van der Waals surface area (Å²) in [4.78, 5) is 10.8. The highest BCUT2D eigenvalue weighted by Crippen LogP contribution is 2.51. The number of hydrogen-bond acceptors (Lipinski definition) is 4. The maximum Gasteiger partial charge on any atom is 0.303 e. The van der Waals surface area contributed by atoms with Gasteiger partial charge in [0.05, 0.1) is 7.11 Å². The molecule has 0 saturated heterocycles. The summed E-state index contributed by atoms with van der Waals surface area (Å²) in [6, 6.07) is 0. The lowest BCUT2D eigenvalue weighted by molar-refractivity contribution is -0.137. The van der Waals surface area contributed by atoms with E-state index in [4.69, 9.17) is 19.3 Å². The maximum absolute atomic E-state index is 10.8. The topological polar surface area (TPSA) is 65.0 Å². The molecule has 2 atom stereocenters. The molecule has 2 heterocycles. The van der Waals surface area contributed by atoms with Gasteiger partial charge in [0.1, 0.15) is 18.0 Å². The monoisotopic (exact) mass is 306 g/mol. The highest BCUT2D eigenvalue weighted by atomic mass is 16.5. The van der Waals surface area contributed by atoms with Gasteiger partial charge in [-0.1, -0.05) is 0 Å². The summed E-state index contributed by atoms with van der Waals surface area (Å²) in [7, 11) is 1.66. The Morgan fingerprint density at radius 1 is 1.18 bits per heavy atom. The molecule has 22 heavy (non-hydrogen) atoms. The zero-order valence-electron chi connectivity index (χ0n) is 13.3. The summed E-state index contributed by atoms with van der Waals surface area (Å²) in [6.07, 6.45) is 3.32. The van der Waals surface area contributed by atoms with Crippen molar-refractivity contribution in [2.75, 3.05) is 7.11 Å². The lowest BCUT2D eigenvalue weighted by atomic mass is 9.93. The number of hydrogen-bond donors (Lipinski definition) is 1. The fraction of sp³-hybridized carbons (Fsp3) is 0.588. The van der Waals surface area contributed by atoms with Gasteiger partial charge in [0.25, 0.3) is 0 Å². The predicted octanol–water partition coefficient (Wildman–Crippen LogP) is 2.75. The smallest absolute Gasteiger partial charge is 0.303 e. The molecule has 0 aliphatic carbocycles. The van der Waals surface area contributed by atoms with E-state index in [0.29, 0.717) is 12.8 Å². The molecule has 1 aromatic rings. The Morgan fingerprint density at radius 3 is 2.45 bits per heavy atom. The summed E-state index contributed by atoms with van der Waals surface area (Å²) < 4.78 is 17.6. The van der Waals surface area contributed by atoms with Gasteiger partial charge in [0.15, 0.2) is 11.5 Å². The molecule has 3 rings (SSSR count). The second-order valence-corrected chi connectivity index (χ2v) is 6.14. The molecule has 5 heteroatoms. The van der Waals surface area contributed by atoms with E-state index in [9.17, 15) is 4.79 Å².